The standard InChI is InChI=1S/C18H29N5O5/c1-18(2,3)28-17(25)21-8-9-26-16-22-10-13(14(20)24)15(23-16)27-12-6-4-11(19)5-7-12/h10-12H,4-9,19H2,1-3H3,(H2,20,24)(H,21,25). The van der Waals surface area contributed by atoms with Crippen LogP contribution in [0.5, 0.6) is 11.9 Å². The average molecular weight is 395 g/mol. The van der Waals surface area contributed by atoms with Crippen molar-refractivity contribution in [3.8, 4) is 11.9 Å². The summed E-state index contributed by atoms with van der Waals surface area (Å²) in [5, 5.41) is 2.56. The Labute approximate surface area is 164 Å². The van der Waals surface area contributed by atoms with E-state index in [0.29, 0.717) is 0 Å². The highest BCUT2D eigenvalue weighted by molar-refractivity contribution is 5.94. The molecule has 28 heavy (non-hydrogen) atoms. The number of carbonyl (C=O) groups is 2. The second-order valence-corrected chi connectivity index (χ2v) is 7.67. The van der Waals surface area contributed by atoms with Gasteiger partial charge in [-0.25, -0.2) is 9.78 Å². The molecule has 0 unspecified atom stereocenters. The summed E-state index contributed by atoms with van der Waals surface area (Å²) in [5.74, 6) is -0.585. The maximum Gasteiger partial charge on any atom is 0.407 e. The first-order valence-electron chi connectivity index (χ1n) is 9.33. The van der Waals surface area contributed by atoms with Gasteiger partial charge < -0.3 is 31.0 Å². The fraction of sp³-hybridized carbons (Fsp3) is 0.667. The zero-order valence-electron chi connectivity index (χ0n) is 16.6. The molecule has 1 aromatic heterocycles. The largest absolute Gasteiger partial charge is 0.474 e. The van der Waals surface area contributed by atoms with E-state index in [0.717, 1.165) is 25.7 Å². The Balaban J connectivity index is 1.90. The van der Waals surface area contributed by atoms with Crippen molar-refractivity contribution in [3.63, 3.8) is 0 Å². The average Bonchev–Trinajstić information content (AvgIpc) is 2.59. The SMILES string of the molecule is CC(C)(C)OC(=O)NCCOc1ncc(C(N)=O)c(OC2CCC(N)CC2)n1. The first kappa shape index (κ1) is 21.7. The molecule has 1 heterocycles. The van der Waals surface area contributed by atoms with E-state index in [1.807, 2.05) is 0 Å². The van der Waals surface area contributed by atoms with E-state index in [9.17, 15) is 9.59 Å². The number of hydrogen-bond donors (Lipinski definition) is 3. The van der Waals surface area contributed by atoms with Gasteiger partial charge in [-0.2, -0.15) is 4.98 Å². The van der Waals surface area contributed by atoms with Gasteiger partial charge in [0.15, 0.2) is 0 Å². The summed E-state index contributed by atoms with van der Waals surface area (Å²) in [7, 11) is 0. The van der Waals surface area contributed by atoms with Crippen LogP contribution >= 0.6 is 0 Å². The predicted octanol–water partition coefficient (Wildman–Crippen LogP) is 1.13. The normalized spacial score (nSPS) is 19.6. The second-order valence-electron chi connectivity index (χ2n) is 7.67. The van der Waals surface area contributed by atoms with Crippen molar-refractivity contribution in [2.45, 2.75) is 64.2 Å². The third kappa shape index (κ3) is 7.18. The van der Waals surface area contributed by atoms with Gasteiger partial charge in [0.25, 0.3) is 5.91 Å². The lowest BCUT2D eigenvalue weighted by Gasteiger charge is -2.26. The molecule has 0 saturated heterocycles. The molecule has 0 atom stereocenters. The van der Waals surface area contributed by atoms with Crippen molar-refractivity contribution in [2.75, 3.05) is 13.2 Å². The molecule has 2 amide bonds. The molecule has 0 radical (unpaired) electrons. The zero-order valence-corrected chi connectivity index (χ0v) is 16.6. The molecule has 10 heteroatoms. The van der Waals surface area contributed by atoms with E-state index in [1.165, 1.54) is 6.20 Å². The lowest BCUT2D eigenvalue weighted by Crippen LogP contribution is -2.34. The zero-order chi connectivity index (χ0) is 20.7. The van der Waals surface area contributed by atoms with Crippen LogP contribution < -0.4 is 26.3 Å². The molecule has 1 aliphatic carbocycles. The van der Waals surface area contributed by atoms with Gasteiger partial charge in [0.05, 0.1) is 12.7 Å². The summed E-state index contributed by atoms with van der Waals surface area (Å²) in [6.07, 6.45) is 3.90. The highest BCUT2D eigenvalue weighted by atomic mass is 16.6. The van der Waals surface area contributed by atoms with Crippen LogP contribution in [0.4, 0.5) is 4.79 Å². The third-order valence-corrected chi connectivity index (χ3v) is 4.00. The summed E-state index contributed by atoms with van der Waals surface area (Å²) in [4.78, 5) is 31.3. The van der Waals surface area contributed by atoms with E-state index in [4.69, 9.17) is 25.7 Å². The van der Waals surface area contributed by atoms with E-state index < -0.39 is 17.6 Å². The van der Waals surface area contributed by atoms with Gasteiger partial charge in [0, 0.05) is 6.04 Å². The minimum atomic E-state index is -0.680. The Kier molecular flexibility index (Phi) is 7.38. The van der Waals surface area contributed by atoms with Crippen LogP contribution in [-0.4, -0.2) is 52.9 Å². The molecule has 10 nitrogen and oxygen atoms in total. The van der Waals surface area contributed by atoms with Gasteiger partial charge >= 0.3 is 12.1 Å². The molecule has 1 fully saturated rings. The Bertz CT molecular complexity index is 683. The number of ether oxygens (including phenoxy) is 3. The van der Waals surface area contributed by atoms with Crippen molar-refractivity contribution in [2.24, 2.45) is 11.5 Å². The lowest BCUT2D eigenvalue weighted by molar-refractivity contribution is 0.0518. The van der Waals surface area contributed by atoms with Crippen LogP contribution in [0.1, 0.15) is 56.8 Å². The summed E-state index contributed by atoms with van der Waals surface area (Å²) >= 11 is 0. The van der Waals surface area contributed by atoms with Gasteiger partial charge in [-0.3, -0.25) is 4.79 Å². The molecular weight excluding hydrogens is 366 g/mol. The summed E-state index contributed by atoms with van der Waals surface area (Å²) in [6, 6.07) is 0.204. The summed E-state index contributed by atoms with van der Waals surface area (Å²) in [5.41, 5.74) is 10.8. The third-order valence-electron chi connectivity index (χ3n) is 4.00. The lowest BCUT2D eigenvalue weighted by atomic mass is 9.94. The molecule has 2 rings (SSSR count). The van der Waals surface area contributed by atoms with Crippen LogP contribution in [0.2, 0.25) is 0 Å². The van der Waals surface area contributed by atoms with E-state index in [2.05, 4.69) is 15.3 Å². The number of nitrogens with two attached hydrogens (primary N) is 2. The summed E-state index contributed by atoms with van der Waals surface area (Å²) < 4.78 is 16.4. The van der Waals surface area contributed by atoms with Gasteiger partial charge in [0.2, 0.25) is 5.88 Å². The maximum atomic E-state index is 11.6. The van der Waals surface area contributed by atoms with Gasteiger partial charge in [-0.05, 0) is 46.5 Å². The van der Waals surface area contributed by atoms with Gasteiger partial charge in [0.1, 0.15) is 23.9 Å². The smallest absolute Gasteiger partial charge is 0.407 e. The Morgan fingerprint density at radius 1 is 1.25 bits per heavy atom. The maximum absolute atomic E-state index is 11.6. The molecule has 0 aromatic carbocycles. The fourth-order valence-corrected chi connectivity index (χ4v) is 2.65. The van der Waals surface area contributed by atoms with Gasteiger partial charge in [-0.15, -0.1) is 0 Å². The molecule has 0 aliphatic heterocycles. The summed E-state index contributed by atoms with van der Waals surface area (Å²) in [6.45, 7) is 5.65. The number of rotatable bonds is 7. The predicted molar refractivity (Wildman–Crippen MR) is 101 cm³/mol. The number of primary amides is 1. The van der Waals surface area contributed by atoms with E-state index in [-0.39, 0.29) is 42.8 Å². The van der Waals surface area contributed by atoms with Crippen LogP contribution in [0.25, 0.3) is 0 Å². The van der Waals surface area contributed by atoms with Crippen LogP contribution in [0, 0.1) is 0 Å². The Hall–Kier alpha value is -2.62. The molecule has 1 aromatic rings. The van der Waals surface area contributed by atoms with Crippen molar-refractivity contribution in [1.82, 2.24) is 15.3 Å². The number of nitrogens with zero attached hydrogens (tertiary/aromatic N) is 2. The van der Waals surface area contributed by atoms with Crippen molar-refractivity contribution in [3.05, 3.63) is 11.8 Å². The van der Waals surface area contributed by atoms with Crippen molar-refractivity contribution < 1.29 is 23.8 Å². The molecule has 1 saturated carbocycles. The van der Waals surface area contributed by atoms with Crippen LogP contribution in [0.15, 0.2) is 6.20 Å². The number of aromatic nitrogens is 2. The second kappa shape index (κ2) is 9.54. The molecular formula is C18H29N5O5. The van der Waals surface area contributed by atoms with Crippen molar-refractivity contribution >= 4 is 12.0 Å². The molecule has 0 bridgehead atoms. The Morgan fingerprint density at radius 2 is 1.93 bits per heavy atom. The molecule has 1 aliphatic rings. The number of amides is 2. The first-order chi connectivity index (χ1) is 13.1. The van der Waals surface area contributed by atoms with Crippen LogP contribution in [0.3, 0.4) is 0 Å². The van der Waals surface area contributed by atoms with E-state index >= 15 is 0 Å². The minimum absolute atomic E-state index is 0.0264. The number of carbonyl (C=O) groups excluding carboxylic acids is 2. The number of nitrogens with one attached hydrogen (secondary N) is 1. The Morgan fingerprint density at radius 3 is 2.54 bits per heavy atom. The minimum Gasteiger partial charge on any atom is -0.474 e. The molecule has 5 N–H and O–H groups in total. The highest BCUT2D eigenvalue weighted by Gasteiger charge is 2.23. The topological polar surface area (TPSA) is 152 Å². The van der Waals surface area contributed by atoms with Crippen LogP contribution in [-0.2, 0) is 4.74 Å². The van der Waals surface area contributed by atoms with Gasteiger partial charge in [-0.1, -0.05) is 0 Å². The quantitative estimate of drug-likeness (QED) is 0.581. The monoisotopic (exact) mass is 395 g/mol. The highest BCUT2D eigenvalue weighted by Crippen LogP contribution is 2.25. The van der Waals surface area contributed by atoms with E-state index in [1.54, 1.807) is 20.8 Å². The molecule has 156 valence electrons. The fourth-order valence-electron chi connectivity index (χ4n) is 2.65. The number of alkyl carbamates (subject to hydrolysis) is 1. The van der Waals surface area contributed by atoms with Crippen molar-refractivity contribution in [1.29, 1.82) is 0 Å². The molecule has 0 spiro atoms. The number of hydrogen-bond acceptors (Lipinski definition) is 8. The first-order valence-corrected chi connectivity index (χ1v) is 9.33.